The number of hydrogen-bond acceptors (Lipinski definition) is 4. The Balaban J connectivity index is 0.000000853. The molecule has 3 saturated heterocycles. The molecule has 0 saturated carbocycles. The lowest BCUT2D eigenvalue weighted by molar-refractivity contribution is -0.108. The third-order valence-electron chi connectivity index (χ3n) is 4.48. The molecule has 0 aromatic carbocycles. The van der Waals surface area contributed by atoms with Gasteiger partial charge >= 0.3 is 0 Å². The topological polar surface area (TPSA) is 61.7 Å². The number of ether oxygens (including phenoxy) is 1. The van der Waals surface area contributed by atoms with Crippen LogP contribution in [0.4, 0.5) is 0 Å². The second-order valence-electron chi connectivity index (χ2n) is 4.92. The average molecular weight is 236 g/mol. The minimum atomic E-state index is -0.350. The highest BCUT2D eigenvalue weighted by Gasteiger charge is 2.67. The normalized spacial score (nSPS) is 51.6. The zero-order chi connectivity index (χ0) is 9.81. The number of fused-ring (bicyclic) bond motifs is 5. The fourth-order valence-corrected chi connectivity index (χ4v) is 3.69. The summed E-state index contributed by atoms with van der Waals surface area (Å²) in [6.07, 6.45) is 1.79. The Morgan fingerprint density at radius 1 is 1.07 bits per heavy atom. The number of hydrogen-bond donors (Lipinski definition) is 3. The monoisotopic (exact) mass is 235 g/mol. The quantitative estimate of drug-likeness (QED) is 0.606. The minimum Gasteiger partial charge on any atom is -0.393 e. The maximum Gasteiger partial charge on any atom is 0.0966 e. The van der Waals surface area contributed by atoms with Gasteiger partial charge in [0.1, 0.15) is 0 Å². The van der Waals surface area contributed by atoms with Gasteiger partial charge in [-0.3, -0.25) is 0 Å². The van der Waals surface area contributed by atoms with E-state index < -0.39 is 0 Å². The summed E-state index contributed by atoms with van der Waals surface area (Å²) in [5.74, 6) is 0.793. The van der Waals surface area contributed by atoms with Gasteiger partial charge in [0.25, 0.3) is 0 Å². The fourth-order valence-electron chi connectivity index (χ4n) is 3.69. The summed E-state index contributed by atoms with van der Waals surface area (Å²) in [6.45, 7) is 2.04. The molecular formula is C10H18ClNO3. The van der Waals surface area contributed by atoms with Crippen molar-refractivity contribution >= 4 is 12.4 Å². The first-order valence-electron chi connectivity index (χ1n) is 5.39. The van der Waals surface area contributed by atoms with Crippen LogP contribution in [0, 0.1) is 11.8 Å². The van der Waals surface area contributed by atoms with Crippen molar-refractivity contribution < 1.29 is 14.9 Å². The molecule has 88 valence electrons. The molecule has 15 heavy (non-hydrogen) atoms. The molecule has 5 heteroatoms. The predicted octanol–water partition coefficient (Wildman–Crippen LogP) is -0.470. The first-order chi connectivity index (χ1) is 6.76. The van der Waals surface area contributed by atoms with Crippen molar-refractivity contribution in [1.82, 2.24) is 5.32 Å². The third kappa shape index (κ3) is 1.23. The number of rotatable bonds is 2. The molecule has 4 unspecified atom stereocenters. The Labute approximate surface area is 95.4 Å². The molecule has 0 aromatic rings. The molecule has 3 aliphatic rings. The molecule has 0 amide bonds. The van der Waals surface area contributed by atoms with Crippen LogP contribution < -0.4 is 5.32 Å². The van der Waals surface area contributed by atoms with Crippen LogP contribution in [0.15, 0.2) is 0 Å². The minimum absolute atomic E-state index is 0. The van der Waals surface area contributed by atoms with E-state index >= 15 is 0 Å². The van der Waals surface area contributed by atoms with E-state index in [9.17, 15) is 10.2 Å². The van der Waals surface area contributed by atoms with Gasteiger partial charge < -0.3 is 20.3 Å². The van der Waals surface area contributed by atoms with Crippen LogP contribution in [-0.2, 0) is 4.74 Å². The van der Waals surface area contributed by atoms with Crippen LogP contribution in [0.3, 0.4) is 0 Å². The van der Waals surface area contributed by atoms with E-state index in [1.807, 2.05) is 0 Å². The van der Waals surface area contributed by atoms with Crippen molar-refractivity contribution in [3.63, 3.8) is 0 Å². The molecule has 0 aliphatic carbocycles. The van der Waals surface area contributed by atoms with Crippen molar-refractivity contribution in [1.29, 1.82) is 0 Å². The SMILES string of the molecule is Cl.OCC12CCC(CO)(O1)C1CNCC12. The number of aliphatic hydroxyl groups excluding tert-OH is 2. The highest BCUT2D eigenvalue weighted by molar-refractivity contribution is 5.85. The van der Waals surface area contributed by atoms with Crippen molar-refractivity contribution in [3.05, 3.63) is 0 Å². The van der Waals surface area contributed by atoms with E-state index in [0.717, 1.165) is 25.9 Å². The van der Waals surface area contributed by atoms with E-state index in [4.69, 9.17) is 4.74 Å². The Bertz CT molecular complexity index is 241. The smallest absolute Gasteiger partial charge is 0.0966 e. The summed E-state index contributed by atoms with van der Waals surface area (Å²) < 4.78 is 5.97. The summed E-state index contributed by atoms with van der Waals surface area (Å²) >= 11 is 0. The van der Waals surface area contributed by atoms with Crippen molar-refractivity contribution in [3.8, 4) is 0 Å². The first kappa shape index (κ1) is 11.6. The summed E-state index contributed by atoms with van der Waals surface area (Å²) in [5.41, 5.74) is -0.701. The van der Waals surface area contributed by atoms with Gasteiger partial charge in [-0.05, 0) is 12.8 Å². The standard InChI is InChI=1S/C10H17NO3.ClH/c12-5-9-1-2-10(6-13,14-9)8-4-11-3-7(8)9;/h7-8,11-13H,1-6H2;1H. The van der Waals surface area contributed by atoms with Gasteiger partial charge in [0, 0.05) is 24.9 Å². The Hall–Kier alpha value is 0.130. The molecule has 3 rings (SSSR count). The molecule has 0 aromatic heterocycles. The van der Waals surface area contributed by atoms with Gasteiger partial charge in [0.15, 0.2) is 0 Å². The Kier molecular flexibility index (Phi) is 2.76. The number of aliphatic hydroxyl groups is 2. The van der Waals surface area contributed by atoms with Gasteiger partial charge in [-0.25, -0.2) is 0 Å². The summed E-state index contributed by atoms with van der Waals surface area (Å²) in [6, 6.07) is 0. The maximum absolute atomic E-state index is 9.47. The number of halogens is 1. The molecule has 3 aliphatic heterocycles. The largest absolute Gasteiger partial charge is 0.393 e. The highest BCUT2D eigenvalue weighted by Crippen LogP contribution is 2.58. The molecule has 3 N–H and O–H groups in total. The fraction of sp³-hybridized carbons (Fsp3) is 1.00. The third-order valence-corrected chi connectivity index (χ3v) is 4.48. The predicted molar refractivity (Wildman–Crippen MR) is 57.1 cm³/mol. The first-order valence-corrected chi connectivity index (χ1v) is 5.39. The lowest BCUT2D eigenvalue weighted by atomic mass is 9.68. The summed E-state index contributed by atoms with van der Waals surface area (Å²) in [7, 11) is 0. The second-order valence-corrected chi connectivity index (χ2v) is 4.92. The van der Waals surface area contributed by atoms with Gasteiger partial charge in [0.05, 0.1) is 24.4 Å². The zero-order valence-electron chi connectivity index (χ0n) is 8.61. The zero-order valence-corrected chi connectivity index (χ0v) is 9.42. The summed E-state index contributed by atoms with van der Waals surface area (Å²) in [4.78, 5) is 0. The Morgan fingerprint density at radius 3 is 1.93 bits per heavy atom. The molecule has 0 radical (unpaired) electrons. The number of nitrogens with one attached hydrogen (secondary N) is 1. The van der Waals surface area contributed by atoms with Crippen molar-refractivity contribution in [2.45, 2.75) is 24.0 Å². The molecule has 0 spiro atoms. The highest BCUT2D eigenvalue weighted by atomic mass is 35.5. The van der Waals surface area contributed by atoms with Gasteiger partial charge in [-0.2, -0.15) is 0 Å². The van der Waals surface area contributed by atoms with Gasteiger partial charge in [0.2, 0.25) is 0 Å². The van der Waals surface area contributed by atoms with Crippen LogP contribution in [0.25, 0.3) is 0 Å². The van der Waals surface area contributed by atoms with Crippen LogP contribution in [0.2, 0.25) is 0 Å². The van der Waals surface area contributed by atoms with Gasteiger partial charge in [-0.1, -0.05) is 0 Å². The lowest BCUT2D eigenvalue weighted by Crippen LogP contribution is -2.43. The van der Waals surface area contributed by atoms with Crippen LogP contribution in [-0.4, -0.2) is 47.7 Å². The van der Waals surface area contributed by atoms with E-state index in [2.05, 4.69) is 5.32 Å². The van der Waals surface area contributed by atoms with Crippen LogP contribution in [0.5, 0.6) is 0 Å². The van der Waals surface area contributed by atoms with E-state index in [1.54, 1.807) is 0 Å². The molecule has 4 nitrogen and oxygen atoms in total. The van der Waals surface area contributed by atoms with E-state index in [-0.39, 0.29) is 36.8 Å². The molecule has 4 atom stereocenters. The lowest BCUT2D eigenvalue weighted by Gasteiger charge is -2.32. The molecule has 3 heterocycles. The second kappa shape index (κ2) is 3.57. The van der Waals surface area contributed by atoms with Gasteiger partial charge in [-0.15, -0.1) is 12.4 Å². The van der Waals surface area contributed by atoms with Crippen LogP contribution >= 0.6 is 12.4 Å². The molecule has 3 fully saturated rings. The van der Waals surface area contributed by atoms with Crippen LogP contribution in [0.1, 0.15) is 12.8 Å². The van der Waals surface area contributed by atoms with Crippen molar-refractivity contribution in [2.24, 2.45) is 11.8 Å². The van der Waals surface area contributed by atoms with Crippen molar-refractivity contribution in [2.75, 3.05) is 26.3 Å². The van der Waals surface area contributed by atoms with E-state index in [0.29, 0.717) is 11.8 Å². The van der Waals surface area contributed by atoms with E-state index in [1.165, 1.54) is 0 Å². The molecule has 2 bridgehead atoms. The Morgan fingerprint density at radius 2 is 1.53 bits per heavy atom. The average Bonchev–Trinajstić information content (AvgIpc) is 2.89. The summed E-state index contributed by atoms with van der Waals surface area (Å²) in [5, 5.41) is 22.3. The maximum atomic E-state index is 9.47. The molecular weight excluding hydrogens is 218 g/mol.